The van der Waals surface area contributed by atoms with Crippen LogP contribution in [0.4, 0.5) is 0 Å². The van der Waals surface area contributed by atoms with E-state index in [9.17, 15) is 8.42 Å². The van der Waals surface area contributed by atoms with E-state index in [1.54, 1.807) is 25.2 Å². The number of thiophene rings is 1. The van der Waals surface area contributed by atoms with Crippen LogP contribution in [0.25, 0.3) is 0 Å². The van der Waals surface area contributed by atoms with Crippen LogP contribution in [-0.4, -0.2) is 24.8 Å². The zero-order valence-electron chi connectivity index (χ0n) is 11.7. The number of hydrogen-bond acceptors (Lipinski definition) is 4. The van der Waals surface area contributed by atoms with Crippen LogP contribution >= 0.6 is 23.6 Å². The van der Waals surface area contributed by atoms with E-state index in [-0.39, 0.29) is 15.9 Å². The minimum atomic E-state index is -3.67. The van der Waals surface area contributed by atoms with E-state index in [2.05, 4.69) is 0 Å². The van der Waals surface area contributed by atoms with Crippen LogP contribution in [0.3, 0.4) is 0 Å². The molecule has 0 spiro atoms. The Morgan fingerprint density at radius 3 is 2.52 bits per heavy atom. The second-order valence-corrected chi connectivity index (χ2v) is 7.96. The molecule has 1 aromatic heterocycles. The molecule has 1 unspecified atom stereocenters. The summed E-state index contributed by atoms with van der Waals surface area (Å²) in [7, 11) is -2.10. The smallest absolute Gasteiger partial charge is 0.244 e. The van der Waals surface area contributed by atoms with Crippen molar-refractivity contribution in [2.75, 3.05) is 7.05 Å². The van der Waals surface area contributed by atoms with Crippen molar-refractivity contribution < 1.29 is 8.42 Å². The molecule has 0 fully saturated rings. The van der Waals surface area contributed by atoms with Crippen LogP contribution in [0.5, 0.6) is 0 Å². The maximum absolute atomic E-state index is 12.8. The lowest BCUT2D eigenvalue weighted by atomic mass is 10.2. The number of hydrogen-bond donors (Lipinski definition) is 1. The standard InChI is InChI=1S/C14H16N2O2S3/c1-10(12-7-5-9-20-12)16(2)21(17,18)13-8-4-3-6-11(13)14(15)19/h3-10H,1-2H3,(H2,15,19). The summed E-state index contributed by atoms with van der Waals surface area (Å²) in [5, 5.41) is 1.93. The molecule has 0 saturated heterocycles. The molecule has 2 N–H and O–H groups in total. The average Bonchev–Trinajstić information content (AvgIpc) is 2.99. The number of sulfonamides is 1. The van der Waals surface area contributed by atoms with Gasteiger partial charge in [0, 0.05) is 17.5 Å². The van der Waals surface area contributed by atoms with Gasteiger partial charge in [0.1, 0.15) is 4.99 Å². The number of rotatable bonds is 5. The molecule has 4 nitrogen and oxygen atoms in total. The van der Waals surface area contributed by atoms with Gasteiger partial charge in [0.15, 0.2) is 0 Å². The highest BCUT2D eigenvalue weighted by Crippen LogP contribution is 2.29. The summed E-state index contributed by atoms with van der Waals surface area (Å²) in [5.41, 5.74) is 6.01. The Bertz CT molecular complexity index is 739. The molecule has 0 aliphatic carbocycles. The van der Waals surface area contributed by atoms with Crippen LogP contribution in [-0.2, 0) is 10.0 Å². The predicted molar refractivity (Wildman–Crippen MR) is 90.0 cm³/mol. The Kier molecular flexibility index (Phi) is 4.77. The number of benzene rings is 1. The van der Waals surface area contributed by atoms with Gasteiger partial charge in [-0.2, -0.15) is 4.31 Å². The summed E-state index contributed by atoms with van der Waals surface area (Å²) < 4.78 is 27.0. The molecule has 112 valence electrons. The normalized spacial score (nSPS) is 13.3. The van der Waals surface area contributed by atoms with Gasteiger partial charge in [-0.25, -0.2) is 8.42 Å². The highest BCUT2D eigenvalue weighted by atomic mass is 32.2. The summed E-state index contributed by atoms with van der Waals surface area (Å²) in [5.74, 6) is 0. The minimum Gasteiger partial charge on any atom is -0.389 e. The first-order valence-electron chi connectivity index (χ1n) is 6.26. The molecule has 7 heteroatoms. The zero-order chi connectivity index (χ0) is 15.6. The van der Waals surface area contributed by atoms with Crippen molar-refractivity contribution in [1.82, 2.24) is 4.31 Å². The Hall–Kier alpha value is -1.28. The number of thiocarbonyl (C=S) groups is 1. The van der Waals surface area contributed by atoms with Gasteiger partial charge in [0.05, 0.1) is 10.9 Å². The lowest BCUT2D eigenvalue weighted by Gasteiger charge is -2.24. The quantitative estimate of drug-likeness (QED) is 0.850. The molecule has 0 amide bonds. The minimum absolute atomic E-state index is 0.0753. The Balaban J connectivity index is 2.45. The molecule has 2 aromatic rings. The van der Waals surface area contributed by atoms with Crippen molar-refractivity contribution >= 4 is 38.6 Å². The lowest BCUT2D eigenvalue weighted by molar-refractivity contribution is 0.403. The monoisotopic (exact) mass is 340 g/mol. The second kappa shape index (κ2) is 6.23. The summed E-state index contributed by atoms with van der Waals surface area (Å²) >= 11 is 6.47. The van der Waals surface area contributed by atoms with Gasteiger partial charge in [-0.3, -0.25) is 0 Å². The molecule has 0 saturated carbocycles. The van der Waals surface area contributed by atoms with E-state index >= 15 is 0 Å². The van der Waals surface area contributed by atoms with Crippen molar-refractivity contribution in [3.05, 3.63) is 52.2 Å². The molecule has 0 radical (unpaired) electrons. The van der Waals surface area contributed by atoms with Crippen LogP contribution in [0.1, 0.15) is 23.4 Å². The van der Waals surface area contributed by atoms with Crippen molar-refractivity contribution in [3.8, 4) is 0 Å². The molecular formula is C14H16N2O2S3. The van der Waals surface area contributed by atoms with Gasteiger partial charge < -0.3 is 5.73 Å². The molecule has 1 heterocycles. The van der Waals surface area contributed by atoms with Gasteiger partial charge >= 0.3 is 0 Å². The third kappa shape index (κ3) is 3.16. The van der Waals surface area contributed by atoms with E-state index in [0.29, 0.717) is 5.56 Å². The molecule has 0 aliphatic heterocycles. The molecular weight excluding hydrogens is 324 g/mol. The summed E-state index contributed by atoms with van der Waals surface area (Å²) in [4.78, 5) is 1.20. The Morgan fingerprint density at radius 1 is 1.29 bits per heavy atom. The van der Waals surface area contributed by atoms with E-state index < -0.39 is 10.0 Å². The number of nitrogens with zero attached hydrogens (tertiary/aromatic N) is 1. The first kappa shape index (κ1) is 16.1. The topological polar surface area (TPSA) is 63.4 Å². The Labute approximate surface area is 134 Å². The number of nitrogens with two attached hydrogens (primary N) is 1. The van der Waals surface area contributed by atoms with Crippen LogP contribution in [0.2, 0.25) is 0 Å². The van der Waals surface area contributed by atoms with Gasteiger partial charge in [0.25, 0.3) is 0 Å². The zero-order valence-corrected chi connectivity index (χ0v) is 14.1. The SMILES string of the molecule is CC(c1cccs1)N(C)S(=O)(=O)c1ccccc1C(N)=S. The molecule has 1 atom stereocenters. The first-order chi connectivity index (χ1) is 9.85. The van der Waals surface area contributed by atoms with Crippen molar-refractivity contribution in [2.24, 2.45) is 5.73 Å². The van der Waals surface area contributed by atoms with Crippen molar-refractivity contribution in [1.29, 1.82) is 0 Å². The molecule has 0 bridgehead atoms. The van der Waals surface area contributed by atoms with Gasteiger partial charge in [0.2, 0.25) is 10.0 Å². The van der Waals surface area contributed by atoms with E-state index in [1.807, 2.05) is 24.4 Å². The largest absolute Gasteiger partial charge is 0.389 e. The molecule has 2 rings (SSSR count). The first-order valence-corrected chi connectivity index (χ1v) is 8.98. The van der Waals surface area contributed by atoms with Gasteiger partial charge in [-0.05, 0) is 24.4 Å². The third-order valence-electron chi connectivity index (χ3n) is 3.31. The Morgan fingerprint density at radius 2 is 1.95 bits per heavy atom. The molecule has 21 heavy (non-hydrogen) atoms. The fourth-order valence-electron chi connectivity index (χ4n) is 1.97. The van der Waals surface area contributed by atoms with E-state index in [1.165, 1.54) is 21.7 Å². The maximum atomic E-state index is 12.8. The van der Waals surface area contributed by atoms with Gasteiger partial charge in [-0.15, -0.1) is 11.3 Å². The predicted octanol–water partition coefficient (Wildman–Crippen LogP) is 2.76. The summed E-state index contributed by atoms with van der Waals surface area (Å²) in [6.07, 6.45) is 0. The van der Waals surface area contributed by atoms with Gasteiger partial charge in [-0.1, -0.05) is 36.5 Å². The average molecular weight is 340 g/mol. The third-order valence-corrected chi connectivity index (χ3v) is 6.56. The lowest BCUT2D eigenvalue weighted by Crippen LogP contribution is -2.31. The summed E-state index contributed by atoms with van der Waals surface area (Å²) in [6, 6.07) is 10.1. The van der Waals surface area contributed by atoms with Crippen LogP contribution in [0, 0.1) is 0 Å². The fraction of sp³-hybridized carbons (Fsp3) is 0.214. The van der Waals surface area contributed by atoms with Crippen molar-refractivity contribution in [3.63, 3.8) is 0 Å². The second-order valence-electron chi connectivity index (χ2n) is 4.57. The highest BCUT2D eigenvalue weighted by molar-refractivity contribution is 7.89. The van der Waals surface area contributed by atoms with Crippen LogP contribution < -0.4 is 5.73 Å². The van der Waals surface area contributed by atoms with Crippen LogP contribution in [0.15, 0.2) is 46.7 Å². The molecule has 1 aromatic carbocycles. The molecule has 0 aliphatic rings. The summed E-state index contributed by atoms with van der Waals surface area (Å²) in [6.45, 7) is 1.85. The van der Waals surface area contributed by atoms with Crippen molar-refractivity contribution in [2.45, 2.75) is 17.9 Å². The highest BCUT2D eigenvalue weighted by Gasteiger charge is 2.29. The van der Waals surface area contributed by atoms with E-state index in [0.717, 1.165) is 4.88 Å². The maximum Gasteiger partial charge on any atom is 0.244 e. The van der Waals surface area contributed by atoms with E-state index in [4.69, 9.17) is 18.0 Å². The fourth-order valence-corrected chi connectivity index (χ4v) is 4.65.